The van der Waals surface area contributed by atoms with Gasteiger partial charge >= 0.3 is 0 Å². The van der Waals surface area contributed by atoms with Crippen LogP contribution in [0.2, 0.25) is 0 Å². The van der Waals surface area contributed by atoms with Crippen LogP contribution in [0.25, 0.3) is 0 Å². The maximum Gasteiger partial charge on any atom is 0.244 e. The number of hydrogen-bond donors (Lipinski definition) is 4. The highest BCUT2D eigenvalue weighted by Gasteiger charge is 2.22. The van der Waals surface area contributed by atoms with Crippen molar-refractivity contribution in [3.63, 3.8) is 0 Å². The number of nitrogens with two attached hydrogens (primary N) is 1. The first kappa shape index (κ1) is 13.1. The van der Waals surface area contributed by atoms with E-state index in [1.807, 2.05) is 0 Å². The van der Waals surface area contributed by atoms with Gasteiger partial charge in [-0.2, -0.15) is 0 Å². The van der Waals surface area contributed by atoms with Crippen molar-refractivity contribution in [3.05, 3.63) is 0 Å². The molecular weight excluding hydrogens is 230 g/mol. The number of nitrogens with zero attached hydrogens (tertiary/aromatic N) is 1. The molecule has 0 radical (unpaired) electrons. The van der Waals surface area contributed by atoms with E-state index in [1.165, 1.54) is 19.3 Å². The molecule has 1 heterocycles. The minimum Gasteiger partial charge on any atom is -0.354 e. The lowest BCUT2D eigenvalue weighted by Gasteiger charge is -2.25. The lowest BCUT2D eigenvalue weighted by molar-refractivity contribution is -0.123. The van der Waals surface area contributed by atoms with Gasteiger partial charge in [-0.05, 0) is 25.7 Å². The van der Waals surface area contributed by atoms with E-state index >= 15 is 0 Å². The third-order valence-corrected chi connectivity index (χ3v) is 3.62. The van der Waals surface area contributed by atoms with E-state index in [9.17, 15) is 4.79 Å². The topological polar surface area (TPSA) is 91.5 Å². The number of guanidine groups is 1. The van der Waals surface area contributed by atoms with Crippen molar-refractivity contribution in [2.24, 2.45) is 10.8 Å². The molecule has 0 spiro atoms. The number of carbonyl (C=O) groups excluding carboxylic acids is 1. The summed E-state index contributed by atoms with van der Waals surface area (Å²) >= 11 is 0. The number of hydrogen-bond acceptors (Lipinski definition) is 3. The van der Waals surface area contributed by atoms with E-state index in [0.717, 1.165) is 32.2 Å². The van der Waals surface area contributed by atoms with E-state index in [4.69, 9.17) is 5.84 Å². The Kier molecular flexibility index (Phi) is 4.81. The molecule has 18 heavy (non-hydrogen) atoms. The zero-order chi connectivity index (χ0) is 12.8. The first-order valence-corrected chi connectivity index (χ1v) is 6.88. The molecule has 5 N–H and O–H groups in total. The van der Waals surface area contributed by atoms with Gasteiger partial charge in [0.2, 0.25) is 11.9 Å². The van der Waals surface area contributed by atoms with E-state index in [2.05, 4.69) is 21.1 Å². The summed E-state index contributed by atoms with van der Waals surface area (Å²) in [5.74, 6) is 6.02. The molecule has 6 heteroatoms. The highest BCUT2D eigenvalue weighted by Crippen LogP contribution is 2.17. The summed E-state index contributed by atoms with van der Waals surface area (Å²) in [6.45, 7) is 0.756. The summed E-state index contributed by atoms with van der Waals surface area (Å²) in [6.07, 6.45) is 7.88. The van der Waals surface area contributed by atoms with Crippen LogP contribution in [0.5, 0.6) is 0 Å². The molecule has 1 amide bonds. The number of nitrogens with one attached hydrogen (secondary N) is 3. The smallest absolute Gasteiger partial charge is 0.244 e. The number of amides is 1. The van der Waals surface area contributed by atoms with Crippen LogP contribution in [0.15, 0.2) is 4.99 Å². The monoisotopic (exact) mass is 253 g/mol. The molecule has 6 nitrogen and oxygen atoms in total. The molecule has 0 aromatic carbocycles. The number of hydrazine groups is 1. The number of aliphatic imine (C=N–C) groups is 1. The zero-order valence-electron chi connectivity index (χ0n) is 10.7. The van der Waals surface area contributed by atoms with Crippen molar-refractivity contribution in [2.45, 2.75) is 57.0 Å². The Bertz CT molecular complexity index is 312. The number of rotatable bonds is 2. The molecule has 0 bridgehead atoms. The van der Waals surface area contributed by atoms with Crippen molar-refractivity contribution in [1.29, 1.82) is 0 Å². The van der Waals surface area contributed by atoms with Crippen molar-refractivity contribution >= 4 is 11.9 Å². The van der Waals surface area contributed by atoms with Gasteiger partial charge < -0.3 is 10.6 Å². The fraction of sp³-hybridized carbons (Fsp3) is 0.833. The zero-order valence-corrected chi connectivity index (χ0v) is 10.7. The summed E-state index contributed by atoms with van der Waals surface area (Å²) in [7, 11) is 0. The van der Waals surface area contributed by atoms with Crippen LogP contribution in [0.3, 0.4) is 0 Å². The summed E-state index contributed by atoms with van der Waals surface area (Å²) in [5, 5.41) is 6.13. The van der Waals surface area contributed by atoms with E-state index in [0.29, 0.717) is 12.0 Å². The van der Waals surface area contributed by atoms with Crippen molar-refractivity contribution in [1.82, 2.24) is 16.1 Å². The van der Waals surface area contributed by atoms with Gasteiger partial charge in [-0.25, -0.2) is 10.8 Å². The van der Waals surface area contributed by atoms with Gasteiger partial charge in [0.15, 0.2) is 0 Å². The van der Waals surface area contributed by atoms with Gasteiger partial charge in [-0.1, -0.05) is 19.3 Å². The average molecular weight is 253 g/mol. The van der Waals surface area contributed by atoms with Gasteiger partial charge in [0.05, 0.1) is 0 Å². The van der Waals surface area contributed by atoms with E-state index in [1.54, 1.807) is 0 Å². The van der Waals surface area contributed by atoms with Gasteiger partial charge in [0, 0.05) is 12.6 Å². The van der Waals surface area contributed by atoms with E-state index in [-0.39, 0.29) is 11.9 Å². The maximum absolute atomic E-state index is 11.6. The van der Waals surface area contributed by atoms with Crippen LogP contribution < -0.4 is 21.9 Å². The van der Waals surface area contributed by atoms with Crippen LogP contribution in [0.1, 0.15) is 44.9 Å². The molecule has 2 aliphatic rings. The Balaban J connectivity index is 1.91. The molecule has 1 saturated carbocycles. The van der Waals surface area contributed by atoms with Gasteiger partial charge in [0.1, 0.15) is 6.04 Å². The second-order valence-corrected chi connectivity index (χ2v) is 5.05. The molecule has 102 valence electrons. The SMILES string of the molecule is NNC(=NC1CCCNC1=O)NC1CCCCC1. The Morgan fingerprint density at radius 2 is 2.00 bits per heavy atom. The Labute approximate surface area is 108 Å². The second kappa shape index (κ2) is 6.58. The van der Waals surface area contributed by atoms with E-state index < -0.39 is 0 Å². The highest BCUT2D eigenvalue weighted by atomic mass is 16.2. The van der Waals surface area contributed by atoms with Crippen LogP contribution in [-0.2, 0) is 4.79 Å². The molecule has 1 aliphatic heterocycles. The highest BCUT2D eigenvalue weighted by molar-refractivity contribution is 5.87. The van der Waals surface area contributed by atoms with Crippen molar-refractivity contribution in [2.75, 3.05) is 6.54 Å². The van der Waals surface area contributed by atoms with Gasteiger partial charge in [-0.15, -0.1) is 0 Å². The first-order valence-electron chi connectivity index (χ1n) is 6.88. The molecule has 0 aromatic rings. The molecule has 2 rings (SSSR count). The Hall–Kier alpha value is -1.30. The standard InChI is InChI=1S/C12H23N5O/c13-17-12(15-9-5-2-1-3-6-9)16-10-7-4-8-14-11(10)18/h9-10H,1-8,13H2,(H,14,18)(H2,15,16,17). The number of piperidine rings is 1. The van der Waals surface area contributed by atoms with Gasteiger partial charge in [-0.3, -0.25) is 10.2 Å². The summed E-state index contributed by atoms with van der Waals surface area (Å²) in [6, 6.07) is 0.126. The minimum absolute atomic E-state index is 0.000515. The minimum atomic E-state index is -0.305. The third kappa shape index (κ3) is 3.60. The molecule has 1 saturated heterocycles. The van der Waals surface area contributed by atoms with Crippen LogP contribution >= 0.6 is 0 Å². The second-order valence-electron chi connectivity index (χ2n) is 5.05. The predicted molar refractivity (Wildman–Crippen MR) is 70.8 cm³/mol. The molecule has 0 aromatic heterocycles. The van der Waals surface area contributed by atoms with Crippen molar-refractivity contribution in [3.8, 4) is 0 Å². The quantitative estimate of drug-likeness (QED) is 0.241. The maximum atomic E-state index is 11.6. The molecule has 1 aliphatic carbocycles. The fourth-order valence-corrected chi connectivity index (χ4v) is 2.59. The molecule has 2 fully saturated rings. The lowest BCUT2D eigenvalue weighted by atomic mass is 9.96. The van der Waals surface area contributed by atoms with Crippen LogP contribution in [-0.4, -0.2) is 30.5 Å². The van der Waals surface area contributed by atoms with Crippen LogP contribution in [0.4, 0.5) is 0 Å². The predicted octanol–water partition coefficient (Wildman–Crippen LogP) is 0.00660. The summed E-state index contributed by atoms with van der Waals surface area (Å²) in [4.78, 5) is 16.0. The molecule has 1 atom stereocenters. The average Bonchev–Trinajstić information content (AvgIpc) is 2.41. The summed E-state index contributed by atoms with van der Waals surface area (Å²) in [5.41, 5.74) is 2.58. The third-order valence-electron chi connectivity index (χ3n) is 3.62. The first-order chi connectivity index (χ1) is 8.79. The Morgan fingerprint density at radius 3 is 2.67 bits per heavy atom. The van der Waals surface area contributed by atoms with Crippen molar-refractivity contribution < 1.29 is 4.79 Å². The van der Waals surface area contributed by atoms with Crippen LogP contribution in [0, 0.1) is 0 Å². The summed E-state index contributed by atoms with van der Waals surface area (Å²) < 4.78 is 0. The number of carbonyl (C=O) groups is 1. The molecule has 1 unspecified atom stereocenters. The van der Waals surface area contributed by atoms with Gasteiger partial charge in [0.25, 0.3) is 0 Å². The normalized spacial score (nSPS) is 26.6. The molecular formula is C12H23N5O. The lowest BCUT2D eigenvalue weighted by Crippen LogP contribution is -2.49. The fourth-order valence-electron chi connectivity index (χ4n) is 2.59. The Morgan fingerprint density at radius 1 is 1.22 bits per heavy atom. The largest absolute Gasteiger partial charge is 0.354 e.